The van der Waals surface area contributed by atoms with Crippen LogP contribution in [-0.2, 0) is 4.79 Å². The van der Waals surface area contributed by atoms with Crippen molar-refractivity contribution < 1.29 is 4.79 Å². The van der Waals surface area contributed by atoms with E-state index in [9.17, 15) is 4.79 Å². The average molecular weight is 286 g/mol. The number of carbonyl (C=O) groups is 1. The van der Waals surface area contributed by atoms with Gasteiger partial charge in [-0.05, 0) is 37.1 Å². The summed E-state index contributed by atoms with van der Waals surface area (Å²) in [6.45, 7) is 6.64. The highest BCUT2D eigenvalue weighted by molar-refractivity contribution is 5.99. The SMILES string of the molecule is CC(C)CNC(=O)C(C)Nc1ccc(N)c2cccnc12. The van der Waals surface area contributed by atoms with Gasteiger partial charge >= 0.3 is 0 Å². The Bertz CT molecular complexity index is 639. The lowest BCUT2D eigenvalue weighted by atomic mass is 10.1. The van der Waals surface area contributed by atoms with Gasteiger partial charge in [-0.1, -0.05) is 13.8 Å². The molecule has 4 N–H and O–H groups in total. The number of hydrogen-bond acceptors (Lipinski definition) is 4. The molecule has 0 aliphatic heterocycles. The smallest absolute Gasteiger partial charge is 0.242 e. The van der Waals surface area contributed by atoms with Crippen LogP contribution in [0.1, 0.15) is 20.8 Å². The van der Waals surface area contributed by atoms with E-state index in [1.54, 1.807) is 6.20 Å². The van der Waals surface area contributed by atoms with Crippen molar-refractivity contribution in [1.29, 1.82) is 0 Å². The van der Waals surface area contributed by atoms with E-state index in [0.717, 1.165) is 16.6 Å². The van der Waals surface area contributed by atoms with E-state index in [1.807, 2.05) is 31.2 Å². The van der Waals surface area contributed by atoms with Gasteiger partial charge in [0, 0.05) is 23.8 Å². The number of benzene rings is 1. The van der Waals surface area contributed by atoms with E-state index in [4.69, 9.17) is 5.73 Å². The highest BCUT2D eigenvalue weighted by atomic mass is 16.2. The molecular weight excluding hydrogens is 264 g/mol. The van der Waals surface area contributed by atoms with Crippen molar-refractivity contribution in [3.05, 3.63) is 30.5 Å². The summed E-state index contributed by atoms with van der Waals surface area (Å²) in [5.74, 6) is 0.407. The van der Waals surface area contributed by atoms with Gasteiger partial charge in [0.2, 0.25) is 5.91 Å². The van der Waals surface area contributed by atoms with E-state index < -0.39 is 0 Å². The summed E-state index contributed by atoms with van der Waals surface area (Å²) in [4.78, 5) is 16.4. The monoisotopic (exact) mass is 286 g/mol. The summed E-state index contributed by atoms with van der Waals surface area (Å²) in [5, 5.41) is 7.01. The van der Waals surface area contributed by atoms with Crippen LogP contribution in [0.4, 0.5) is 11.4 Å². The number of fused-ring (bicyclic) bond motifs is 1. The Kier molecular flexibility index (Phi) is 4.62. The Balaban J connectivity index is 2.16. The van der Waals surface area contributed by atoms with E-state index in [2.05, 4.69) is 29.5 Å². The molecule has 1 heterocycles. The van der Waals surface area contributed by atoms with Gasteiger partial charge in [-0.3, -0.25) is 9.78 Å². The van der Waals surface area contributed by atoms with Crippen molar-refractivity contribution in [3.8, 4) is 0 Å². The van der Waals surface area contributed by atoms with Crippen LogP contribution in [0.3, 0.4) is 0 Å². The van der Waals surface area contributed by atoms with Crippen LogP contribution >= 0.6 is 0 Å². The second kappa shape index (κ2) is 6.43. The molecule has 0 fully saturated rings. The minimum absolute atomic E-state index is 0.0235. The van der Waals surface area contributed by atoms with Gasteiger partial charge in [-0.2, -0.15) is 0 Å². The Morgan fingerprint density at radius 2 is 2.05 bits per heavy atom. The number of carbonyl (C=O) groups excluding carboxylic acids is 1. The first-order chi connectivity index (χ1) is 9.99. The lowest BCUT2D eigenvalue weighted by Gasteiger charge is -2.17. The largest absolute Gasteiger partial charge is 0.398 e. The minimum Gasteiger partial charge on any atom is -0.398 e. The van der Waals surface area contributed by atoms with Crippen molar-refractivity contribution in [2.24, 2.45) is 5.92 Å². The predicted octanol–water partition coefficient (Wildman–Crippen LogP) is 2.39. The number of nitrogen functional groups attached to an aromatic ring is 1. The third kappa shape index (κ3) is 3.62. The molecule has 1 aromatic carbocycles. The van der Waals surface area contributed by atoms with Gasteiger partial charge in [0.15, 0.2) is 0 Å². The number of pyridine rings is 1. The molecule has 0 aliphatic carbocycles. The molecule has 0 spiro atoms. The predicted molar refractivity (Wildman–Crippen MR) is 87.1 cm³/mol. The first kappa shape index (κ1) is 15.1. The van der Waals surface area contributed by atoms with Crippen LogP contribution in [0.15, 0.2) is 30.5 Å². The van der Waals surface area contributed by atoms with Crippen LogP contribution in [0, 0.1) is 5.92 Å². The van der Waals surface area contributed by atoms with Gasteiger partial charge in [0.25, 0.3) is 0 Å². The van der Waals surface area contributed by atoms with Gasteiger partial charge in [0.05, 0.1) is 11.2 Å². The molecule has 0 aliphatic rings. The topological polar surface area (TPSA) is 80.0 Å². The normalized spacial score (nSPS) is 12.4. The molecule has 1 amide bonds. The minimum atomic E-state index is -0.336. The molecule has 2 rings (SSSR count). The van der Waals surface area contributed by atoms with Crippen LogP contribution in [0.25, 0.3) is 10.9 Å². The zero-order valence-electron chi connectivity index (χ0n) is 12.7. The van der Waals surface area contributed by atoms with Crippen molar-refractivity contribution in [1.82, 2.24) is 10.3 Å². The zero-order valence-corrected chi connectivity index (χ0v) is 12.7. The maximum absolute atomic E-state index is 12.0. The fourth-order valence-corrected chi connectivity index (χ4v) is 2.07. The van der Waals surface area contributed by atoms with E-state index in [1.165, 1.54) is 0 Å². The molecule has 1 aromatic heterocycles. The van der Waals surface area contributed by atoms with Gasteiger partial charge in [-0.15, -0.1) is 0 Å². The first-order valence-electron chi connectivity index (χ1n) is 7.16. The van der Waals surface area contributed by atoms with Crippen molar-refractivity contribution in [2.45, 2.75) is 26.8 Å². The molecule has 5 nitrogen and oxygen atoms in total. The molecule has 0 radical (unpaired) electrons. The molecular formula is C16H22N4O. The quantitative estimate of drug-likeness (QED) is 0.737. The Morgan fingerprint density at radius 1 is 1.29 bits per heavy atom. The van der Waals surface area contributed by atoms with E-state index >= 15 is 0 Å². The number of amides is 1. The van der Waals surface area contributed by atoms with Crippen molar-refractivity contribution in [2.75, 3.05) is 17.6 Å². The number of nitrogens with two attached hydrogens (primary N) is 1. The highest BCUT2D eigenvalue weighted by Gasteiger charge is 2.14. The zero-order chi connectivity index (χ0) is 15.4. The third-order valence-corrected chi connectivity index (χ3v) is 3.25. The second-order valence-electron chi connectivity index (χ2n) is 5.61. The van der Waals surface area contributed by atoms with Gasteiger partial charge in [-0.25, -0.2) is 0 Å². The number of anilines is 2. The lowest BCUT2D eigenvalue weighted by molar-refractivity contribution is -0.121. The summed E-state index contributed by atoms with van der Waals surface area (Å²) in [7, 11) is 0. The molecule has 5 heteroatoms. The summed E-state index contributed by atoms with van der Waals surface area (Å²) in [6.07, 6.45) is 1.72. The van der Waals surface area contributed by atoms with Crippen LogP contribution in [0.2, 0.25) is 0 Å². The molecule has 0 bridgehead atoms. The first-order valence-corrected chi connectivity index (χ1v) is 7.16. The number of nitrogens with one attached hydrogen (secondary N) is 2. The molecule has 1 atom stereocenters. The van der Waals surface area contributed by atoms with Gasteiger partial charge in [0.1, 0.15) is 6.04 Å². The van der Waals surface area contributed by atoms with Crippen LogP contribution in [0.5, 0.6) is 0 Å². The average Bonchev–Trinajstić information content (AvgIpc) is 2.47. The molecule has 0 saturated heterocycles. The summed E-state index contributed by atoms with van der Waals surface area (Å²) in [6, 6.07) is 7.12. The molecule has 2 aromatic rings. The Morgan fingerprint density at radius 3 is 2.76 bits per heavy atom. The number of aromatic nitrogens is 1. The molecule has 112 valence electrons. The molecule has 1 unspecified atom stereocenters. The fraction of sp³-hybridized carbons (Fsp3) is 0.375. The third-order valence-electron chi connectivity index (χ3n) is 3.25. The van der Waals surface area contributed by atoms with Crippen molar-refractivity contribution in [3.63, 3.8) is 0 Å². The standard InChI is InChI=1S/C16H22N4O/c1-10(2)9-19-16(21)11(3)20-14-7-6-13(17)12-5-4-8-18-15(12)14/h4-8,10-11,20H,9,17H2,1-3H3,(H,19,21). The second-order valence-corrected chi connectivity index (χ2v) is 5.61. The van der Waals surface area contributed by atoms with E-state index in [-0.39, 0.29) is 11.9 Å². The van der Waals surface area contributed by atoms with Gasteiger partial charge < -0.3 is 16.4 Å². The lowest BCUT2D eigenvalue weighted by Crippen LogP contribution is -2.39. The fourth-order valence-electron chi connectivity index (χ4n) is 2.07. The van der Waals surface area contributed by atoms with Crippen LogP contribution in [-0.4, -0.2) is 23.5 Å². The van der Waals surface area contributed by atoms with E-state index in [0.29, 0.717) is 18.2 Å². The molecule has 0 saturated carbocycles. The number of nitrogens with zero attached hydrogens (tertiary/aromatic N) is 1. The maximum Gasteiger partial charge on any atom is 0.242 e. The molecule has 21 heavy (non-hydrogen) atoms. The summed E-state index contributed by atoms with van der Waals surface area (Å²) >= 11 is 0. The number of rotatable bonds is 5. The van der Waals surface area contributed by atoms with Crippen LogP contribution < -0.4 is 16.4 Å². The Hall–Kier alpha value is -2.30. The highest BCUT2D eigenvalue weighted by Crippen LogP contribution is 2.26. The maximum atomic E-state index is 12.0. The summed E-state index contributed by atoms with van der Waals surface area (Å²) in [5.41, 5.74) is 8.22. The number of hydrogen-bond donors (Lipinski definition) is 3. The summed E-state index contributed by atoms with van der Waals surface area (Å²) < 4.78 is 0. The van der Waals surface area contributed by atoms with Crippen molar-refractivity contribution >= 4 is 28.2 Å². The Labute approximate surface area is 124 Å².